The smallest absolute Gasteiger partial charge is 0.259 e. The van der Waals surface area contributed by atoms with Gasteiger partial charge in [-0.05, 0) is 82.1 Å². The van der Waals surface area contributed by atoms with Crippen molar-refractivity contribution in [3.05, 3.63) is 76.4 Å². The number of hydrogen-bond donors (Lipinski definition) is 2. The summed E-state index contributed by atoms with van der Waals surface area (Å²) in [5.41, 5.74) is 6.12. The first-order chi connectivity index (χ1) is 14.4. The summed E-state index contributed by atoms with van der Waals surface area (Å²) >= 11 is 0. The lowest BCUT2D eigenvalue weighted by atomic mass is 9.91. The van der Waals surface area contributed by atoms with Crippen LogP contribution < -0.4 is 10.6 Å². The number of aryl methyl sites for hydroxylation is 3. The van der Waals surface area contributed by atoms with Gasteiger partial charge in [-0.25, -0.2) is 9.07 Å². The topological polar surface area (TPSA) is 59.0 Å². The van der Waals surface area contributed by atoms with E-state index in [1.54, 1.807) is 19.2 Å². The molecule has 6 heteroatoms. The Kier molecular flexibility index (Phi) is 5.68. The zero-order valence-electron chi connectivity index (χ0n) is 17.6. The van der Waals surface area contributed by atoms with Crippen LogP contribution in [0.3, 0.4) is 0 Å². The molecule has 30 heavy (non-hydrogen) atoms. The van der Waals surface area contributed by atoms with Crippen LogP contribution in [0, 0.1) is 26.6 Å². The minimum atomic E-state index is -0.316. The molecule has 1 fully saturated rings. The van der Waals surface area contributed by atoms with E-state index in [0.717, 1.165) is 42.9 Å². The van der Waals surface area contributed by atoms with Gasteiger partial charge in [0, 0.05) is 11.6 Å². The van der Waals surface area contributed by atoms with Gasteiger partial charge in [0.05, 0.1) is 23.1 Å². The highest BCUT2D eigenvalue weighted by atomic mass is 19.1. The number of hydrogen-bond acceptors (Lipinski definition) is 3. The van der Waals surface area contributed by atoms with E-state index in [1.165, 1.54) is 17.7 Å². The lowest BCUT2D eigenvalue weighted by Gasteiger charge is -2.25. The Bertz CT molecular complexity index is 1080. The molecule has 2 aromatic carbocycles. The quantitative estimate of drug-likeness (QED) is 0.663. The van der Waals surface area contributed by atoms with Crippen molar-refractivity contribution in [2.75, 3.05) is 18.4 Å². The summed E-state index contributed by atoms with van der Waals surface area (Å²) in [6.07, 6.45) is 3.56. The maximum Gasteiger partial charge on any atom is 0.259 e. The number of aromatic nitrogens is 2. The number of benzene rings is 2. The number of nitrogens with one attached hydrogen (secondary N) is 2. The van der Waals surface area contributed by atoms with Crippen molar-refractivity contribution in [3.8, 4) is 5.69 Å². The van der Waals surface area contributed by atoms with Crippen LogP contribution >= 0.6 is 0 Å². The van der Waals surface area contributed by atoms with E-state index in [0.29, 0.717) is 16.8 Å². The van der Waals surface area contributed by atoms with Crippen molar-refractivity contribution < 1.29 is 9.18 Å². The normalized spacial score (nSPS) is 14.7. The van der Waals surface area contributed by atoms with Gasteiger partial charge in [-0.1, -0.05) is 17.7 Å². The Morgan fingerprint density at radius 1 is 1.10 bits per heavy atom. The monoisotopic (exact) mass is 406 g/mol. The molecule has 0 aliphatic carbocycles. The standard InChI is InChI=1S/C24H27FN4O/c1-15-4-7-22(17(3)12-15)29-23(18-8-10-26-11-9-18)20(14-27-29)24(30)28-21-6-5-19(25)13-16(21)2/h4-7,12-14,18,26H,8-11H2,1-3H3,(H,28,30). The highest BCUT2D eigenvalue weighted by Gasteiger charge is 2.27. The summed E-state index contributed by atoms with van der Waals surface area (Å²) in [5.74, 6) is -0.290. The first-order valence-corrected chi connectivity index (χ1v) is 10.4. The third kappa shape index (κ3) is 4.00. The number of anilines is 1. The number of carbonyl (C=O) groups excluding carboxylic acids is 1. The second-order valence-electron chi connectivity index (χ2n) is 8.08. The van der Waals surface area contributed by atoms with Crippen LogP contribution in [0.1, 0.15) is 51.5 Å². The van der Waals surface area contributed by atoms with Gasteiger partial charge in [-0.3, -0.25) is 4.79 Å². The fourth-order valence-electron chi connectivity index (χ4n) is 4.21. The van der Waals surface area contributed by atoms with Gasteiger partial charge >= 0.3 is 0 Å². The van der Waals surface area contributed by atoms with Crippen molar-refractivity contribution in [1.82, 2.24) is 15.1 Å². The third-order valence-corrected chi connectivity index (χ3v) is 5.79. The van der Waals surface area contributed by atoms with E-state index in [-0.39, 0.29) is 17.6 Å². The molecular formula is C24H27FN4O. The molecule has 0 atom stereocenters. The molecule has 5 nitrogen and oxygen atoms in total. The van der Waals surface area contributed by atoms with Gasteiger partial charge in [-0.15, -0.1) is 0 Å². The van der Waals surface area contributed by atoms with Crippen LogP contribution in [0.15, 0.2) is 42.6 Å². The summed E-state index contributed by atoms with van der Waals surface area (Å²) < 4.78 is 15.4. The number of nitrogens with zero attached hydrogens (tertiary/aromatic N) is 2. The summed E-state index contributed by atoms with van der Waals surface area (Å²) in [6, 6.07) is 10.6. The molecular weight excluding hydrogens is 379 g/mol. The number of rotatable bonds is 4. The maximum absolute atomic E-state index is 13.4. The molecule has 4 rings (SSSR count). The summed E-state index contributed by atoms with van der Waals surface area (Å²) in [7, 11) is 0. The molecule has 0 spiro atoms. The SMILES string of the molecule is Cc1ccc(-n2ncc(C(=O)Nc3ccc(F)cc3C)c2C2CCNCC2)c(C)c1. The van der Waals surface area contributed by atoms with Crippen LogP contribution in [-0.2, 0) is 0 Å². The fourth-order valence-corrected chi connectivity index (χ4v) is 4.21. The van der Waals surface area contributed by atoms with E-state index in [4.69, 9.17) is 0 Å². The average molecular weight is 407 g/mol. The van der Waals surface area contributed by atoms with Crippen LogP contribution in [-0.4, -0.2) is 28.8 Å². The first-order valence-electron chi connectivity index (χ1n) is 10.4. The number of halogens is 1. The van der Waals surface area contributed by atoms with Crippen LogP contribution in [0.2, 0.25) is 0 Å². The number of amides is 1. The molecule has 0 bridgehead atoms. The molecule has 1 aliphatic rings. The highest BCUT2D eigenvalue weighted by Crippen LogP contribution is 2.32. The molecule has 1 aliphatic heterocycles. The average Bonchev–Trinajstić information content (AvgIpc) is 3.15. The summed E-state index contributed by atoms with van der Waals surface area (Å²) in [6.45, 7) is 7.75. The minimum absolute atomic E-state index is 0.214. The molecule has 156 valence electrons. The van der Waals surface area contributed by atoms with E-state index >= 15 is 0 Å². The lowest BCUT2D eigenvalue weighted by molar-refractivity contribution is 0.102. The highest BCUT2D eigenvalue weighted by molar-refractivity contribution is 6.05. The van der Waals surface area contributed by atoms with Gasteiger partial charge in [0.25, 0.3) is 5.91 Å². The zero-order chi connectivity index (χ0) is 21.3. The van der Waals surface area contributed by atoms with Crippen molar-refractivity contribution in [2.24, 2.45) is 0 Å². The largest absolute Gasteiger partial charge is 0.322 e. The minimum Gasteiger partial charge on any atom is -0.322 e. The van der Waals surface area contributed by atoms with Gasteiger partial charge < -0.3 is 10.6 Å². The fraction of sp³-hybridized carbons (Fsp3) is 0.333. The van der Waals surface area contributed by atoms with Crippen molar-refractivity contribution >= 4 is 11.6 Å². The second-order valence-corrected chi connectivity index (χ2v) is 8.08. The Hall–Kier alpha value is -2.99. The molecule has 1 amide bonds. The molecule has 2 heterocycles. The van der Waals surface area contributed by atoms with E-state index in [9.17, 15) is 9.18 Å². The zero-order valence-corrected chi connectivity index (χ0v) is 17.6. The summed E-state index contributed by atoms with van der Waals surface area (Å²) in [4.78, 5) is 13.2. The predicted molar refractivity (Wildman–Crippen MR) is 117 cm³/mol. The molecule has 1 aromatic heterocycles. The number of carbonyl (C=O) groups is 1. The molecule has 0 radical (unpaired) electrons. The van der Waals surface area contributed by atoms with Crippen molar-refractivity contribution in [1.29, 1.82) is 0 Å². The first kappa shape index (κ1) is 20.3. The van der Waals surface area contributed by atoms with Crippen molar-refractivity contribution in [2.45, 2.75) is 39.5 Å². The molecule has 0 unspecified atom stereocenters. The molecule has 2 N–H and O–H groups in total. The van der Waals surface area contributed by atoms with Crippen LogP contribution in [0.5, 0.6) is 0 Å². The molecule has 3 aromatic rings. The Morgan fingerprint density at radius 2 is 1.87 bits per heavy atom. The molecule has 0 saturated carbocycles. The lowest BCUT2D eigenvalue weighted by Crippen LogP contribution is -2.29. The summed E-state index contributed by atoms with van der Waals surface area (Å²) in [5, 5.41) is 11.0. The van der Waals surface area contributed by atoms with Crippen molar-refractivity contribution in [3.63, 3.8) is 0 Å². The van der Waals surface area contributed by atoms with Gasteiger partial charge in [0.1, 0.15) is 5.82 Å². The van der Waals surface area contributed by atoms with Gasteiger partial charge in [-0.2, -0.15) is 5.10 Å². The van der Waals surface area contributed by atoms with Crippen LogP contribution in [0.25, 0.3) is 5.69 Å². The van der Waals surface area contributed by atoms with Gasteiger partial charge in [0.15, 0.2) is 0 Å². The molecule has 1 saturated heterocycles. The Balaban J connectivity index is 1.75. The van der Waals surface area contributed by atoms with Crippen LogP contribution in [0.4, 0.5) is 10.1 Å². The maximum atomic E-state index is 13.4. The van der Waals surface area contributed by atoms with E-state index < -0.39 is 0 Å². The Labute approximate surface area is 176 Å². The predicted octanol–water partition coefficient (Wildman–Crippen LogP) is 4.66. The Morgan fingerprint density at radius 3 is 2.57 bits per heavy atom. The number of piperidine rings is 1. The van der Waals surface area contributed by atoms with E-state index in [1.807, 2.05) is 4.68 Å². The third-order valence-electron chi connectivity index (χ3n) is 5.79. The van der Waals surface area contributed by atoms with E-state index in [2.05, 4.69) is 47.8 Å². The second kappa shape index (κ2) is 8.40. The van der Waals surface area contributed by atoms with Gasteiger partial charge in [0.2, 0.25) is 0 Å².